The first kappa shape index (κ1) is 17.0. The predicted octanol–water partition coefficient (Wildman–Crippen LogP) is 1.62. The minimum absolute atomic E-state index is 0.0673. The van der Waals surface area contributed by atoms with Crippen molar-refractivity contribution in [3.8, 4) is 0 Å². The van der Waals surface area contributed by atoms with Gasteiger partial charge in [-0.25, -0.2) is 0 Å². The summed E-state index contributed by atoms with van der Waals surface area (Å²) in [5, 5.41) is 0. The second-order valence-corrected chi connectivity index (χ2v) is 5.89. The molecule has 2 fully saturated rings. The number of likely N-dealkylation sites (tertiary alicyclic amines) is 1. The fourth-order valence-electron chi connectivity index (χ4n) is 3.12. The average Bonchev–Trinajstić information content (AvgIpc) is 3.08. The van der Waals surface area contributed by atoms with E-state index in [2.05, 4.69) is 4.98 Å². The summed E-state index contributed by atoms with van der Waals surface area (Å²) in [5.74, 6) is -0.816. The van der Waals surface area contributed by atoms with Gasteiger partial charge in [0, 0.05) is 31.3 Å². The highest BCUT2D eigenvalue weighted by atomic mass is 19.4. The summed E-state index contributed by atoms with van der Waals surface area (Å²) in [4.78, 5) is 27.3. The number of H-pyrrole nitrogens is 1. The highest BCUT2D eigenvalue weighted by molar-refractivity contribution is 5.95. The van der Waals surface area contributed by atoms with Gasteiger partial charge < -0.3 is 19.4 Å². The number of hydrogen-bond acceptors (Lipinski definition) is 4. The smallest absolute Gasteiger partial charge is 0.350 e. The SMILES string of the molecule is O=C(c1c[nH]c(=O)cc1C(F)(F)F)N1CCCC(C2OCCO2)C1. The molecule has 3 heterocycles. The van der Waals surface area contributed by atoms with Crippen molar-refractivity contribution in [3.05, 3.63) is 33.7 Å². The number of ether oxygens (including phenoxy) is 2. The summed E-state index contributed by atoms with van der Waals surface area (Å²) in [6, 6.07) is 0.415. The first-order valence-corrected chi connectivity index (χ1v) is 7.68. The van der Waals surface area contributed by atoms with E-state index in [1.807, 2.05) is 0 Å². The Kier molecular flexibility index (Phi) is 4.64. The number of aromatic nitrogens is 1. The molecule has 1 N–H and O–H groups in total. The Bertz CT molecular complexity index is 667. The summed E-state index contributed by atoms with van der Waals surface area (Å²) in [6.45, 7) is 1.58. The zero-order chi connectivity index (χ0) is 17.3. The molecule has 6 nitrogen and oxygen atoms in total. The van der Waals surface area contributed by atoms with Crippen molar-refractivity contribution in [1.82, 2.24) is 9.88 Å². The standard InChI is InChI=1S/C15H17F3N2O4/c16-15(17,18)11-6-12(21)19-7-10(11)13(22)20-3-1-2-9(8-20)14-23-4-5-24-14/h6-7,9,14H,1-5,8H2,(H,19,21). The Labute approximate surface area is 135 Å². The fraction of sp³-hybridized carbons (Fsp3) is 0.600. The van der Waals surface area contributed by atoms with Crippen LogP contribution in [-0.4, -0.2) is 48.4 Å². The van der Waals surface area contributed by atoms with Crippen LogP contribution in [0.5, 0.6) is 0 Å². The van der Waals surface area contributed by atoms with Crippen LogP contribution >= 0.6 is 0 Å². The fourth-order valence-corrected chi connectivity index (χ4v) is 3.12. The first-order valence-electron chi connectivity index (χ1n) is 7.68. The monoisotopic (exact) mass is 346 g/mol. The number of nitrogens with zero attached hydrogens (tertiary/aromatic N) is 1. The number of hydrogen-bond donors (Lipinski definition) is 1. The lowest BCUT2D eigenvalue weighted by Gasteiger charge is -2.35. The van der Waals surface area contributed by atoms with Crippen molar-refractivity contribution >= 4 is 5.91 Å². The maximum atomic E-state index is 13.1. The number of amides is 1. The molecule has 1 amide bonds. The third kappa shape index (κ3) is 3.46. The number of pyridine rings is 1. The number of carbonyl (C=O) groups excluding carboxylic acids is 1. The Morgan fingerprint density at radius 2 is 2.00 bits per heavy atom. The Balaban J connectivity index is 1.82. The van der Waals surface area contributed by atoms with Gasteiger partial charge in [-0.1, -0.05) is 0 Å². The molecule has 0 bridgehead atoms. The molecule has 0 aromatic carbocycles. The molecule has 24 heavy (non-hydrogen) atoms. The minimum Gasteiger partial charge on any atom is -0.350 e. The molecule has 1 aromatic heterocycles. The van der Waals surface area contributed by atoms with Crippen molar-refractivity contribution in [1.29, 1.82) is 0 Å². The molecule has 2 saturated heterocycles. The molecule has 0 radical (unpaired) electrons. The van der Waals surface area contributed by atoms with Crippen LogP contribution in [-0.2, 0) is 15.7 Å². The third-order valence-corrected chi connectivity index (χ3v) is 4.24. The van der Waals surface area contributed by atoms with Gasteiger partial charge >= 0.3 is 6.18 Å². The zero-order valence-electron chi connectivity index (χ0n) is 12.8. The highest BCUT2D eigenvalue weighted by Crippen LogP contribution is 2.32. The molecule has 0 aliphatic carbocycles. The molecule has 1 aromatic rings. The van der Waals surface area contributed by atoms with Gasteiger partial charge in [0.25, 0.3) is 5.91 Å². The van der Waals surface area contributed by atoms with Gasteiger partial charge in [-0.3, -0.25) is 9.59 Å². The van der Waals surface area contributed by atoms with Crippen molar-refractivity contribution in [2.24, 2.45) is 5.92 Å². The predicted molar refractivity (Wildman–Crippen MR) is 76.4 cm³/mol. The van der Waals surface area contributed by atoms with Crippen molar-refractivity contribution in [2.75, 3.05) is 26.3 Å². The third-order valence-electron chi connectivity index (χ3n) is 4.24. The van der Waals surface area contributed by atoms with Crippen LogP contribution in [0.15, 0.2) is 17.1 Å². The number of halogens is 3. The van der Waals surface area contributed by atoms with E-state index in [1.54, 1.807) is 0 Å². The summed E-state index contributed by atoms with van der Waals surface area (Å²) >= 11 is 0. The molecular weight excluding hydrogens is 329 g/mol. The largest absolute Gasteiger partial charge is 0.417 e. The molecule has 3 rings (SSSR count). The van der Waals surface area contributed by atoms with Crippen molar-refractivity contribution in [3.63, 3.8) is 0 Å². The number of rotatable bonds is 2. The van der Waals surface area contributed by atoms with Crippen LogP contribution in [0.1, 0.15) is 28.8 Å². The van der Waals surface area contributed by atoms with E-state index in [4.69, 9.17) is 9.47 Å². The molecule has 132 valence electrons. The van der Waals surface area contributed by atoms with Crippen LogP contribution in [0.25, 0.3) is 0 Å². The van der Waals surface area contributed by atoms with Gasteiger partial charge in [0.1, 0.15) is 0 Å². The van der Waals surface area contributed by atoms with E-state index >= 15 is 0 Å². The van der Waals surface area contributed by atoms with E-state index in [1.165, 1.54) is 4.90 Å². The number of piperidine rings is 1. The van der Waals surface area contributed by atoms with Crippen LogP contribution in [0.3, 0.4) is 0 Å². The lowest BCUT2D eigenvalue weighted by molar-refractivity contribution is -0.138. The topological polar surface area (TPSA) is 71.6 Å². The minimum atomic E-state index is -4.77. The molecule has 9 heteroatoms. The van der Waals surface area contributed by atoms with Crippen LogP contribution < -0.4 is 5.56 Å². The molecular formula is C15H17F3N2O4. The normalized spacial score (nSPS) is 22.8. The quantitative estimate of drug-likeness (QED) is 0.883. The molecule has 0 saturated carbocycles. The van der Waals surface area contributed by atoms with E-state index in [9.17, 15) is 22.8 Å². The lowest BCUT2D eigenvalue weighted by atomic mass is 9.96. The van der Waals surface area contributed by atoms with E-state index in [-0.39, 0.29) is 12.5 Å². The summed E-state index contributed by atoms with van der Waals surface area (Å²) in [6.07, 6.45) is -2.92. The Hall–Kier alpha value is -1.87. The zero-order valence-corrected chi connectivity index (χ0v) is 12.8. The molecule has 0 spiro atoms. The van der Waals surface area contributed by atoms with Gasteiger partial charge in [0.15, 0.2) is 6.29 Å². The van der Waals surface area contributed by atoms with Crippen molar-refractivity contribution < 1.29 is 27.4 Å². The lowest BCUT2D eigenvalue weighted by Crippen LogP contribution is -2.44. The van der Waals surface area contributed by atoms with E-state index in [0.29, 0.717) is 32.2 Å². The number of alkyl halides is 3. The molecule has 2 aliphatic heterocycles. The van der Waals surface area contributed by atoms with E-state index < -0.39 is 35.1 Å². The van der Waals surface area contributed by atoms with Gasteiger partial charge in [0.2, 0.25) is 5.56 Å². The maximum absolute atomic E-state index is 13.1. The second kappa shape index (κ2) is 6.56. The van der Waals surface area contributed by atoms with Gasteiger partial charge in [-0.15, -0.1) is 0 Å². The number of aromatic amines is 1. The average molecular weight is 346 g/mol. The second-order valence-electron chi connectivity index (χ2n) is 5.89. The van der Waals surface area contributed by atoms with Crippen LogP contribution in [0.2, 0.25) is 0 Å². The summed E-state index contributed by atoms with van der Waals surface area (Å²) in [7, 11) is 0. The molecule has 1 unspecified atom stereocenters. The Morgan fingerprint density at radius 1 is 1.29 bits per heavy atom. The van der Waals surface area contributed by atoms with Crippen molar-refractivity contribution in [2.45, 2.75) is 25.3 Å². The molecule has 1 atom stereocenters. The first-order chi connectivity index (χ1) is 11.4. The molecule has 2 aliphatic rings. The van der Waals surface area contributed by atoms with Gasteiger partial charge in [-0.2, -0.15) is 13.2 Å². The maximum Gasteiger partial charge on any atom is 0.417 e. The highest BCUT2D eigenvalue weighted by Gasteiger charge is 2.38. The van der Waals surface area contributed by atoms with Crippen LogP contribution in [0, 0.1) is 5.92 Å². The Morgan fingerprint density at radius 3 is 2.67 bits per heavy atom. The summed E-state index contributed by atoms with van der Waals surface area (Å²) in [5.41, 5.74) is -2.66. The number of nitrogens with one attached hydrogen (secondary N) is 1. The van der Waals surface area contributed by atoms with Crippen LogP contribution in [0.4, 0.5) is 13.2 Å². The summed E-state index contributed by atoms with van der Waals surface area (Å²) < 4.78 is 50.2. The van der Waals surface area contributed by atoms with Gasteiger partial charge in [-0.05, 0) is 12.8 Å². The van der Waals surface area contributed by atoms with E-state index in [0.717, 1.165) is 12.6 Å². The number of carbonyl (C=O) groups is 1. The van der Waals surface area contributed by atoms with Gasteiger partial charge in [0.05, 0.1) is 24.3 Å².